The standard InChI is InChI=1S/C23H31ClN2O2S/c1-4-5-6-7-8-9-14-29-23-25-15-19(16-26-23)18-10-12-20(13-11-18)28-22(27)21(24)17(2)3/h10-13,15-17,21H,4-9,14H2,1-3H3/t21-/m0/s1. The SMILES string of the molecule is CCCCCCCCSc1ncc(-c2ccc(OC(=O)[C@@H](Cl)C(C)C)cc2)cn1. The average molecular weight is 435 g/mol. The number of benzene rings is 1. The summed E-state index contributed by atoms with van der Waals surface area (Å²) in [5.41, 5.74) is 1.91. The van der Waals surface area contributed by atoms with Crippen LogP contribution < -0.4 is 4.74 Å². The Morgan fingerprint density at radius 1 is 1.00 bits per heavy atom. The summed E-state index contributed by atoms with van der Waals surface area (Å²) in [6.07, 6.45) is 11.5. The summed E-state index contributed by atoms with van der Waals surface area (Å²) in [5, 5.41) is 0.166. The van der Waals surface area contributed by atoms with Crippen LogP contribution in [0, 0.1) is 5.92 Å². The van der Waals surface area contributed by atoms with Crippen molar-refractivity contribution in [3.05, 3.63) is 36.7 Å². The van der Waals surface area contributed by atoms with E-state index in [9.17, 15) is 4.79 Å². The molecule has 0 saturated heterocycles. The first-order valence-corrected chi connectivity index (χ1v) is 11.8. The number of aromatic nitrogens is 2. The number of rotatable bonds is 12. The summed E-state index contributed by atoms with van der Waals surface area (Å²) in [6.45, 7) is 6.01. The molecule has 0 N–H and O–H groups in total. The number of carbonyl (C=O) groups is 1. The Hall–Kier alpha value is -1.59. The molecule has 6 heteroatoms. The number of nitrogens with zero attached hydrogens (tertiary/aromatic N) is 2. The van der Waals surface area contributed by atoms with Gasteiger partial charge in [-0.3, -0.25) is 4.79 Å². The molecule has 158 valence electrons. The fourth-order valence-corrected chi connectivity index (χ4v) is 3.58. The normalized spacial score (nSPS) is 12.2. The molecular weight excluding hydrogens is 404 g/mol. The third-order valence-electron chi connectivity index (χ3n) is 4.57. The maximum Gasteiger partial charge on any atom is 0.329 e. The van der Waals surface area contributed by atoms with Gasteiger partial charge in [-0.1, -0.05) is 76.8 Å². The van der Waals surface area contributed by atoms with Crippen LogP contribution >= 0.6 is 23.4 Å². The van der Waals surface area contributed by atoms with Crippen LogP contribution in [0.4, 0.5) is 0 Å². The summed E-state index contributed by atoms with van der Waals surface area (Å²) < 4.78 is 5.33. The van der Waals surface area contributed by atoms with Crippen molar-refractivity contribution < 1.29 is 9.53 Å². The number of unbranched alkanes of at least 4 members (excludes halogenated alkanes) is 5. The van der Waals surface area contributed by atoms with Crippen molar-refractivity contribution in [2.75, 3.05) is 5.75 Å². The number of ether oxygens (including phenoxy) is 1. The minimum Gasteiger partial charge on any atom is -0.425 e. The van der Waals surface area contributed by atoms with Crippen molar-refractivity contribution in [2.24, 2.45) is 5.92 Å². The monoisotopic (exact) mass is 434 g/mol. The van der Waals surface area contributed by atoms with Crippen LogP contribution in [0.1, 0.15) is 59.3 Å². The van der Waals surface area contributed by atoms with Crippen molar-refractivity contribution in [1.29, 1.82) is 0 Å². The minimum atomic E-state index is -0.649. The lowest BCUT2D eigenvalue weighted by Crippen LogP contribution is -2.25. The molecule has 0 saturated carbocycles. The molecule has 0 amide bonds. The molecule has 0 spiro atoms. The molecule has 0 aliphatic heterocycles. The Bertz CT molecular complexity index is 736. The van der Waals surface area contributed by atoms with Crippen LogP contribution in [0.25, 0.3) is 11.1 Å². The van der Waals surface area contributed by atoms with Crippen molar-refractivity contribution in [3.8, 4) is 16.9 Å². The van der Waals surface area contributed by atoms with Crippen LogP contribution in [0.5, 0.6) is 5.75 Å². The lowest BCUT2D eigenvalue weighted by atomic mass is 10.1. The molecule has 2 rings (SSSR count). The van der Waals surface area contributed by atoms with Crippen LogP contribution in [-0.2, 0) is 4.79 Å². The molecule has 29 heavy (non-hydrogen) atoms. The number of carbonyl (C=O) groups excluding carboxylic acids is 1. The molecule has 0 fully saturated rings. The third-order valence-corrected chi connectivity index (χ3v) is 6.22. The van der Waals surface area contributed by atoms with Crippen LogP contribution in [0.3, 0.4) is 0 Å². The van der Waals surface area contributed by atoms with E-state index >= 15 is 0 Å². The van der Waals surface area contributed by atoms with Gasteiger partial charge in [-0.15, -0.1) is 11.6 Å². The highest BCUT2D eigenvalue weighted by atomic mass is 35.5. The molecule has 1 heterocycles. The zero-order valence-electron chi connectivity index (χ0n) is 17.6. The van der Waals surface area contributed by atoms with Gasteiger partial charge in [0.15, 0.2) is 5.16 Å². The Labute approximate surface area is 183 Å². The summed E-state index contributed by atoms with van der Waals surface area (Å²) >= 11 is 7.75. The van der Waals surface area contributed by atoms with Gasteiger partial charge < -0.3 is 4.74 Å². The molecule has 0 aliphatic carbocycles. The van der Waals surface area contributed by atoms with E-state index in [1.54, 1.807) is 23.9 Å². The quantitative estimate of drug-likeness (QED) is 0.0921. The number of hydrogen-bond donors (Lipinski definition) is 0. The highest BCUT2D eigenvalue weighted by Crippen LogP contribution is 2.24. The van der Waals surface area contributed by atoms with E-state index in [4.69, 9.17) is 16.3 Å². The first kappa shape index (κ1) is 23.7. The van der Waals surface area contributed by atoms with E-state index in [-0.39, 0.29) is 5.92 Å². The van der Waals surface area contributed by atoms with Crippen LogP contribution in [-0.4, -0.2) is 27.1 Å². The fraction of sp³-hybridized carbons (Fsp3) is 0.522. The van der Waals surface area contributed by atoms with Gasteiger partial charge >= 0.3 is 5.97 Å². The summed E-state index contributed by atoms with van der Waals surface area (Å²) in [4.78, 5) is 20.9. The first-order valence-electron chi connectivity index (χ1n) is 10.4. The number of alkyl halides is 1. The molecule has 1 aromatic carbocycles. The number of hydrogen-bond acceptors (Lipinski definition) is 5. The number of halogens is 1. The highest BCUT2D eigenvalue weighted by molar-refractivity contribution is 7.99. The van der Waals surface area contributed by atoms with Gasteiger partial charge in [0.2, 0.25) is 0 Å². The maximum absolute atomic E-state index is 11.9. The van der Waals surface area contributed by atoms with Gasteiger partial charge in [-0.05, 0) is 30.0 Å². The molecule has 1 atom stereocenters. The zero-order chi connectivity index (χ0) is 21.1. The predicted octanol–water partition coefficient (Wildman–Crippen LogP) is 6.77. The second kappa shape index (κ2) is 12.9. The van der Waals surface area contributed by atoms with E-state index in [1.165, 1.54) is 38.5 Å². The molecule has 0 aliphatic rings. The second-order valence-corrected chi connectivity index (χ2v) is 8.99. The Morgan fingerprint density at radius 2 is 1.62 bits per heavy atom. The van der Waals surface area contributed by atoms with Crippen LogP contribution in [0.15, 0.2) is 41.8 Å². The minimum absolute atomic E-state index is 0.0260. The van der Waals surface area contributed by atoms with Gasteiger partial charge in [0.1, 0.15) is 11.1 Å². The predicted molar refractivity (Wildman–Crippen MR) is 122 cm³/mol. The van der Waals surface area contributed by atoms with Crippen LogP contribution in [0.2, 0.25) is 0 Å². The molecule has 4 nitrogen and oxygen atoms in total. The Balaban J connectivity index is 1.81. The molecule has 0 bridgehead atoms. The van der Waals surface area contributed by atoms with E-state index in [0.29, 0.717) is 5.75 Å². The van der Waals surface area contributed by atoms with E-state index in [1.807, 2.05) is 38.4 Å². The number of esters is 1. The third kappa shape index (κ3) is 8.35. The largest absolute Gasteiger partial charge is 0.425 e. The maximum atomic E-state index is 11.9. The van der Waals surface area contributed by atoms with E-state index < -0.39 is 11.3 Å². The zero-order valence-corrected chi connectivity index (χ0v) is 19.1. The van der Waals surface area contributed by atoms with Crippen molar-refractivity contribution in [2.45, 2.75) is 69.8 Å². The average Bonchev–Trinajstić information content (AvgIpc) is 2.73. The van der Waals surface area contributed by atoms with Crippen molar-refractivity contribution in [1.82, 2.24) is 9.97 Å². The first-order chi connectivity index (χ1) is 14.0. The molecule has 2 aromatic rings. The Kier molecular flexibility index (Phi) is 10.5. The van der Waals surface area contributed by atoms with Gasteiger partial charge in [0.05, 0.1) is 0 Å². The molecule has 0 radical (unpaired) electrons. The Morgan fingerprint density at radius 3 is 2.24 bits per heavy atom. The number of thioether (sulfide) groups is 1. The van der Waals surface area contributed by atoms with Gasteiger partial charge in [-0.2, -0.15) is 0 Å². The van der Waals surface area contributed by atoms with Gasteiger partial charge in [0, 0.05) is 23.7 Å². The second-order valence-electron chi connectivity index (χ2n) is 7.46. The van der Waals surface area contributed by atoms with Crippen molar-refractivity contribution >= 4 is 29.3 Å². The van der Waals surface area contributed by atoms with E-state index in [0.717, 1.165) is 22.0 Å². The lowest BCUT2D eigenvalue weighted by molar-refractivity contribution is -0.134. The highest BCUT2D eigenvalue weighted by Gasteiger charge is 2.21. The summed E-state index contributed by atoms with van der Waals surface area (Å²) in [6, 6.07) is 7.31. The fourth-order valence-electron chi connectivity index (χ4n) is 2.75. The summed E-state index contributed by atoms with van der Waals surface area (Å²) in [7, 11) is 0. The van der Waals surface area contributed by atoms with Gasteiger partial charge in [-0.25, -0.2) is 9.97 Å². The topological polar surface area (TPSA) is 52.1 Å². The molecule has 1 aromatic heterocycles. The lowest BCUT2D eigenvalue weighted by Gasteiger charge is -2.12. The molecular formula is C23H31ClN2O2S. The van der Waals surface area contributed by atoms with Crippen molar-refractivity contribution in [3.63, 3.8) is 0 Å². The van der Waals surface area contributed by atoms with E-state index in [2.05, 4.69) is 16.9 Å². The summed E-state index contributed by atoms with van der Waals surface area (Å²) in [5.74, 6) is 1.14. The molecule has 0 unspecified atom stereocenters. The van der Waals surface area contributed by atoms with Gasteiger partial charge in [0.25, 0.3) is 0 Å². The smallest absolute Gasteiger partial charge is 0.329 e.